The minimum Gasteiger partial charge on any atom is -0.379 e. The third kappa shape index (κ3) is 4.50. The Labute approximate surface area is 198 Å². The van der Waals surface area contributed by atoms with E-state index in [1.54, 1.807) is 11.3 Å². The molecule has 2 heterocycles. The Morgan fingerprint density at radius 1 is 1.06 bits per heavy atom. The van der Waals surface area contributed by atoms with Crippen molar-refractivity contribution in [1.29, 1.82) is 0 Å². The molecule has 4 aromatic rings. The number of aryl methyl sites for hydroxylation is 1. The molecule has 5 nitrogen and oxygen atoms in total. The molecule has 1 fully saturated rings. The Kier molecular flexibility index (Phi) is 7.06. The predicted molar refractivity (Wildman–Crippen MR) is 134 cm³/mol. The van der Waals surface area contributed by atoms with Gasteiger partial charge in [0, 0.05) is 31.7 Å². The Morgan fingerprint density at radius 2 is 1.81 bits per heavy atom. The maximum absolute atomic E-state index is 13.8. The van der Waals surface area contributed by atoms with Gasteiger partial charge in [0.05, 0.1) is 23.4 Å². The number of nitrogens with zero attached hydrogens (tertiary/aromatic N) is 3. The van der Waals surface area contributed by atoms with Gasteiger partial charge in [-0.25, -0.2) is 4.98 Å². The van der Waals surface area contributed by atoms with E-state index < -0.39 is 0 Å². The van der Waals surface area contributed by atoms with Gasteiger partial charge >= 0.3 is 0 Å². The van der Waals surface area contributed by atoms with Crippen LogP contribution in [0.3, 0.4) is 0 Å². The van der Waals surface area contributed by atoms with Crippen LogP contribution in [0.4, 0.5) is 5.13 Å². The summed E-state index contributed by atoms with van der Waals surface area (Å²) < 4.78 is 6.59. The van der Waals surface area contributed by atoms with Gasteiger partial charge in [0.15, 0.2) is 5.13 Å². The van der Waals surface area contributed by atoms with Crippen molar-refractivity contribution in [2.24, 2.45) is 0 Å². The van der Waals surface area contributed by atoms with Gasteiger partial charge in [0.1, 0.15) is 0 Å². The van der Waals surface area contributed by atoms with Crippen molar-refractivity contribution in [2.75, 3.05) is 44.3 Å². The number of thiazole rings is 1. The summed E-state index contributed by atoms with van der Waals surface area (Å²) in [5, 5.41) is 2.81. The molecule has 0 aliphatic carbocycles. The Hall–Kier alpha value is -2.51. The molecular formula is C25H26ClN3O2S. The fourth-order valence-corrected chi connectivity index (χ4v) is 5.17. The lowest BCUT2D eigenvalue weighted by Crippen LogP contribution is -2.43. The summed E-state index contributed by atoms with van der Waals surface area (Å²) in [6.07, 6.45) is 0. The number of carbonyl (C=O) groups is 1. The van der Waals surface area contributed by atoms with Crippen LogP contribution in [0.1, 0.15) is 15.9 Å². The molecule has 5 rings (SSSR count). The average Bonchev–Trinajstić information content (AvgIpc) is 3.25. The van der Waals surface area contributed by atoms with Crippen molar-refractivity contribution < 1.29 is 9.53 Å². The van der Waals surface area contributed by atoms with Crippen molar-refractivity contribution in [1.82, 2.24) is 9.88 Å². The molecule has 0 spiro atoms. The molecule has 0 radical (unpaired) electrons. The van der Waals surface area contributed by atoms with E-state index >= 15 is 0 Å². The zero-order chi connectivity index (χ0) is 21.2. The summed E-state index contributed by atoms with van der Waals surface area (Å²) in [6, 6.07) is 20.2. The lowest BCUT2D eigenvalue weighted by molar-refractivity contribution is 0.0391. The van der Waals surface area contributed by atoms with Gasteiger partial charge in [-0.05, 0) is 35.4 Å². The van der Waals surface area contributed by atoms with Gasteiger partial charge in [0.2, 0.25) is 0 Å². The highest BCUT2D eigenvalue weighted by atomic mass is 35.5. The molecule has 1 saturated heterocycles. The van der Waals surface area contributed by atoms with Crippen molar-refractivity contribution in [2.45, 2.75) is 6.92 Å². The number of halogens is 1. The van der Waals surface area contributed by atoms with Crippen LogP contribution in [0.5, 0.6) is 0 Å². The summed E-state index contributed by atoms with van der Waals surface area (Å²) in [4.78, 5) is 22.9. The van der Waals surface area contributed by atoms with Crippen LogP contribution < -0.4 is 4.90 Å². The number of para-hydroxylation sites is 1. The number of ether oxygens (including phenoxy) is 1. The minimum atomic E-state index is 0. The van der Waals surface area contributed by atoms with Crippen LogP contribution in [0.25, 0.3) is 21.0 Å². The maximum Gasteiger partial charge on any atom is 0.260 e. The highest BCUT2D eigenvalue weighted by Crippen LogP contribution is 2.32. The molecule has 166 valence electrons. The van der Waals surface area contributed by atoms with Crippen LogP contribution in [0.15, 0.2) is 60.7 Å². The van der Waals surface area contributed by atoms with Gasteiger partial charge in [-0.1, -0.05) is 59.9 Å². The Balaban J connectivity index is 0.00000245. The van der Waals surface area contributed by atoms with E-state index in [-0.39, 0.29) is 18.3 Å². The molecule has 0 saturated carbocycles. The SMILES string of the molecule is Cc1cccc2sc(N(CCN3CCOCC3)C(=O)c3cccc4ccccc34)nc12.Cl. The van der Waals surface area contributed by atoms with Crippen LogP contribution in [0.2, 0.25) is 0 Å². The third-order valence-corrected chi connectivity index (χ3v) is 6.89. The smallest absolute Gasteiger partial charge is 0.260 e. The highest BCUT2D eigenvalue weighted by Gasteiger charge is 2.24. The molecule has 0 unspecified atom stereocenters. The minimum absolute atomic E-state index is 0. The molecular weight excluding hydrogens is 442 g/mol. The highest BCUT2D eigenvalue weighted by molar-refractivity contribution is 7.22. The largest absolute Gasteiger partial charge is 0.379 e. The fraction of sp³-hybridized carbons (Fsp3) is 0.280. The second kappa shape index (κ2) is 9.96. The van der Waals surface area contributed by atoms with Gasteiger partial charge in [-0.3, -0.25) is 14.6 Å². The first-order chi connectivity index (χ1) is 15.2. The first kappa shape index (κ1) is 22.7. The second-order valence-corrected chi connectivity index (χ2v) is 8.86. The number of hydrogen-bond donors (Lipinski definition) is 0. The van der Waals surface area contributed by atoms with Gasteiger partial charge in [-0.15, -0.1) is 12.4 Å². The molecule has 1 aliphatic rings. The molecule has 32 heavy (non-hydrogen) atoms. The predicted octanol–water partition coefficient (Wildman–Crippen LogP) is 5.16. The number of aromatic nitrogens is 1. The van der Waals surface area contributed by atoms with Crippen LogP contribution >= 0.6 is 23.7 Å². The molecule has 1 aliphatic heterocycles. The van der Waals surface area contributed by atoms with E-state index in [9.17, 15) is 4.79 Å². The van der Waals surface area contributed by atoms with E-state index in [1.165, 1.54) is 0 Å². The van der Waals surface area contributed by atoms with Crippen molar-refractivity contribution >= 4 is 55.8 Å². The number of carbonyl (C=O) groups excluding carboxylic acids is 1. The van der Waals surface area contributed by atoms with E-state index in [1.807, 2.05) is 53.4 Å². The second-order valence-electron chi connectivity index (χ2n) is 7.86. The summed E-state index contributed by atoms with van der Waals surface area (Å²) in [6.45, 7) is 6.76. The maximum atomic E-state index is 13.8. The normalized spacial score (nSPS) is 14.4. The number of rotatable bonds is 5. The van der Waals surface area contributed by atoms with Crippen molar-refractivity contribution in [3.05, 3.63) is 71.8 Å². The molecule has 1 amide bonds. The molecule has 3 aromatic carbocycles. The molecule has 1 aromatic heterocycles. The van der Waals surface area contributed by atoms with Gasteiger partial charge in [-0.2, -0.15) is 0 Å². The molecule has 0 bridgehead atoms. The summed E-state index contributed by atoms with van der Waals surface area (Å²) in [5.41, 5.74) is 2.83. The lowest BCUT2D eigenvalue weighted by atomic mass is 10.0. The molecule has 7 heteroatoms. The lowest BCUT2D eigenvalue weighted by Gasteiger charge is -2.29. The van der Waals surface area contributed by atoms with E-state index in [0.717, 1.165) is 70.1 Å². The van der Waals surface area contributed by atoms with Gasteiger partial charge < -0.3 is 4.74 Å². The van der Waals surface area contributed by atoms with Crippen LogP contribution in [-0.2, 0) is 4.74 Å². The van der Waals surface area contributed by atoms with E-state index in [0.29, 0.717) is 6.54 Å². The number of anilines is 1. The summed E-state index contributed by atoms with van der Waals surface area (Å²) >= 11 is 1.59. The number of hydrogen-bond acceptors (Lipinski definition) is 5. The zero-order valence-electron chi connectivity index (χ0n) is 18.0. The topological polar surface area (TPSA) is 45.7 Å². The first-order valence-corrected chi connectivity index (χ1v) is 11.5. The molecule has 0 atom stereocenters. The number of amides is 1. The number of benzene rings is 3. The summed E-state index contributed by atoms with van der Waals surface area (Å²) in [7, 11) is 0. The zero-order valence-corrected chi connectivity index (χ0v) is 19.6. The Morgan fingerprint density at radius 3 is 2.62 bits per heavy atom. The monoisotopic (exact) mass is 467 g/mol. The van der Waals surface area contributed by atoms with Crippen molar-refractivity contribution in [3.8, 4) is 0 Å². The van der Waals surface area contributed by atoms with Gasteiger partial charge in [0.25, 0.3) is 5.91 Å². The quantitative estimate of drug-likeness (QED) is 0.406. The standard InChI is InChI=1S/C25H25N3O2S.ClH/c1-18-6-4-11-22-23(18)26-25(31-22)28(13-12-27-14-16-30-17-15-27)24(29)21-10-5-8-19-7-2-3-9-20(19)21;/h2-11H,12-17H2,1H3;1H. The fourth-order valence-electron chi connectivity index (χ4n) is 4.10. The van der Waals surface area contributed by atoms with Crippen LogP contribution in [0, 0.1) is 6.92 Å². The Bertz CT molecular complexity index is 1230. The summed E-state index contributed by atoms with van der Waals surface area (Å²) in [5.74, 6) is 0.00164. The first-order valence-electron chi connectivity index (χ1n) is 10.7. The average molecular weight is 468 g/mol. The van der Waals surface area contributed by atoms with Crippen LogP contribution in [-0.4, -0.2) is 55.2 Å². The van der Waals surface area contributed by atoms with Crippen molar-refractivity contribution in [3.63, 3.8) is 0 Å². The number of fused-ring (bicyclic) bond motifs is 2. The number of morpholine rings is 1. The third-order valence-electron chi connectivity index (χ3n) is 5.85. The van der Waals surface area contributed by atoms with E-state index in [4.69, 9.17) is 9.72 Å². The molecule has 0 N–H and O–H groups in total. The van der Waals surface area contributed by atoms with E-state index in [2.05, 4.69) is 24.0 Å².